The summed E-state index contributed by atoms with van der Waals surface area (Å²) in [4.78, 5) is 2.37. The second kappa shape index (κ2) is 6.81. The van der Waals surface area contributed by atoms with Crippen LogP contribution < -0.4 is 9.62 Å². The number of piperidine rings is 1. The molecule has 128 valence electrons. The van der Waals surface area contributed by atoms with Crippen molar-refractivity contribution in [2.24, 2.45) is 0 Å². The molecule has 3 rings (SSSR count). The van der Waals surface area contributed by atoms with E-state index >= 15 is 0 Å². The highest BCUT2D eigenvalue weighted by atomic mass is 32.2. The van der Waals surface area contributed by atoms with Crippen molar-refractivity contribution < 1.29 is 12.8 Å². The predicted octanol–water partition coefficient (Wildman–Crippen LogP) is 3.93. The number of sulfonamides is 1. The van der Waals surface area contributed by atoms with Crippen LogP contribution in [0.2, 0.25) is 0 Å². The van der Waals surface area contributed by atoms with Crippen molar-refractivity contribution >= 4 is 21.4 Å². The number of nitrogens with zero attached hydrogens (tertiary/aromatic N) is 1. The Morgan fingerprint density at radius 2 is 1.67 bits per heavy atom. The number of aryl methyl sites for hydroxylation is 1. The van der Waals surface area contributed by atoms with E-state index in [0.717, 1.165) is 18.8 Å². The molecule has 1 fully saturated rings. The fourth-order valence-corrected chi connectivity index (χ4v) is 4.03. The summed E-state index contributed by atoms with van der Waals surface area (Å²) in [5, 5.41) is 0. The maximum Gasteiger partial charge on any atom is 0.261 e. The van der Waals surface area contributed by atoms with Crippen LogP contribution in [0.3, 0.4) is 0 Å². The summed E-state index contributed by atoms with van der Waals surface area (Å²) in [6, 6.07) is 11.2. The van der Waals surface area contributed by atoms with Gasteiger partial charge in [-0.15, -0.1) is 0 Å². The van der Waals surface area contributed by atoms with Gasteiger partial charge in [-0.3, -0.25) is 4.72 Å². The van der Waals surface area contributed by atoms with Crippen molar-refractivity contribution in [2.45, 2.75) is 31.1 Å². The molecule has 0 atom stereocenters. The quantitative estimate of drug-likeness (QED) is 0.911. The SMILES string of the molecule is Cc1cc(S(=O)(=O)Nc2ccc(N3CCCCC3)cc2)ccc1F. The third-order valence-corrected chi connectivity index (χ3v) is 5.66. The van der Waals surface area contributed by atoms with Gasteiger partial charge in [-0.1, -0.05) is 0 Å². The minimum Gasteiger partial charge on any atom is -0.372 e. The van der Waals surface area contributed by atoms with Gasteiger partial charge in [0.05, 0.1) is 4.90 Å². The highest BCUT2D eigenvalue weighted by Crippen LogP contribution is 2.23. The lowest BCUT2D eigenvalue weighted by atomic mass is 10.1. The first-order valence-corrected chi connectivity index (χ1v) is 9.58. The van der Waals surface area contributed by atoms with Crippen LogP contribution in [0, 0.1) is 12.7 Å². The van der Waals surface area contributed by atoms with E-state index in [4.69, 9.17) is 0 Å². The van der Waals surface area contributed by atoms with Crippen molar-refractivity contribution in [3.8, 4) is 0 Å². The molecule has 1 heterocycles. The van der Waals surface area contributed by atoms with Gasteiger partial charge in [0.25, 0.3) is 10.0 Å². The van der Waals surface area contributed by atoms with E-state index in [2.05, 4.69) is 9.62 Å². The van der Waals surface area contributed by atoms with Crippen molar-refractivity contribution in [1.29, 1.82) is 0 Å². The maximum atomic E-state index is 13.3. The average Bonchev–Trinajstić information content (AvgIpc) is 2.58. The van der Waals surface area contributed by atoms with Crippen LogP contribution in [0.4, 0.5) is 15.8 Å². The molecule has 0 aromatic heterocycles. The molecule has 0 unspecified atom stereocenters. The molecule has 0 bridgehead atoms. The number of rotatable bonds is 4. The van der Waals surface area contributed by atoms with Crippen LogP contribution in [-0.2, 0) is 10.0 Å². The van der Waals surface area contributed by atoms with Crippen molar-refractivity contribution in [2.75, 3.05) is 22.7 Å². The van der Waals surface area contributed by atoms with Crippen LogP contribution >= 0.6 is 0 Å². The molecular formula is C18H21FN2O2S. The molecule has 0 radical (unpaired) electrons. The van der Waals surface area contributed by atoms with Crippen LogP contribution in [0.1, 0.15) is 24.8 Å². The largest absolute Gasteiger partial charge is 0.372 e. The van der Waals surface area contributed by atoms with Gasteiger partial charge in [-0.2, -0.15) is 0 Å². The van der Waals surface area contributed by atoms with E-state index in [1.807, 2.05) is 12.1 Å². The maximum absolute atomic E-state index is 13.3. The molecule has 0 amide bonds. The zero-order chi connectivity index (χ0) is 17.2. The first-order valence-electron chi connectivity index (χ1n) is 8.10. The Morgan fingerprint density at radius 1 is 1.00 bits per heavy atom. The lowest BCUT2D eigenvalue weighted by Crippen LogP contribution is -2.29. The molecule has 1 aliphatic heterocycles. The minimum atomic E-state index is -3.72. The number of benzene rings is 2. The first kappa shape index (κ1) is 16.8. The van der Waals surface area contributed by atoms with Gasteiger partial charge in [-0.05, 0) is 74.2 Å². The lowest BCUT2D eigenvalue weighted by molar-refractivity contribution is 0.578. The molecule has 1 saturated heterocycles. The second-order valence-electron chi connectivity index (χ2n) is 6.11. The monoisotopic (exact) mass is 348 g/mol. The Morgan fingerprint density at radius 3 is 2.29 bits per heavy atom. The zero-order valence-corrected chi connectivity index (χ0v) is 14.4. The zero-order valence-electron chi connectivity index (χ0n) is 13.6. The van der Waals surface area contributed by atoms with Crippen LogP contribution in [0.5, 0.6) is 0 Å². The van der Waals surface area contributed by atoms with E-state index in [1.165, 1.54) is 37.5 Å². The van der Waals surface area contributed by atoms with Crippen LogP contribution in [-0.4, -0.2) is 21.5 Å². The van der Waals surface area contributed by atoms with Gasteiger partial charge in [0.1, 0.15) is 5.82 Å². The van der Waals surface area contributed by atoms with Gasteiger partial charge in [0.2, 0.25) is 0 Å². The second-order valence-corrected chi connectivity index (χ2v) is 7.79. The Hall–Kier alpha value is -2.08. The number of anilines is 2. The molecule has 0 spiro atoms. The smallest absolute Gasteiger partial charge is 0.261 e. The number of nitrogens with one attached hydrogen (secondary N) is 1. The number of hydrogen-bond acceptors (Lipinski definition) is 3. The Bertz CT molecular complexity index is 813. The van der Waals surface area contributed by atoms with Gasteiger partial charge >= 0.3 is 0 Å². The molecule has 0 aliphatic carbocycles. The molecule has 2 aromatic rings. The lowest BCUT2D eigenvalue weighted by Gasteiger charge is -2.28. The molecule has 1 aliphatic rings. The molecular weight excluding hydrogens is 327 g/mol. The fourth-order valence-electron chi connectivity index (χ4n) is 2.89. The topological polar surface area (TPSA) is 49.4 Å². The summed E-state index contributed by atoms with van der Waals surface area (Å²) >= 11 is 0. The van der Waals surface area contributed by atoms with E-state index < -0.39 is 15.8 Å². The standard InChI is InChI=1S/C18H21FN2O2S/c1-14-13-17(9-10-18(14)19)24(22,23)20-15-5-7-16(8-6-15)21-11-3-2-4-12-21/h5-10,13,20H,2-4,11-12H2,1H3. The van der Waals surface area contributed by atoms with Crippen LogP contribution in [0.15, 0.2) is 47.4 Å². The molecule has 6 heteroatoms. The average molecular weight is 348 g/mol. The summed E-state index contributed by atoms with van der Waals surface area (Å²) in [6.45, 7) is 3.63. The summed E-state index contributed by atoms with van der Waals surface area (Å²) < 4.78 is 40.7. The summed E-state index contributed by atoms with van der Waals surface area (Å²) in [6.07, 6.45) is 3.65. The number of hydrogen-bond donors (Lipinski definition) is 1. The van der Waals surface area contributed by atoms with Crippen LogP contribution in [0.25, 0.3) is 0 Å². The van der Waals surface area contributed by atoms with Crippen molar-refractivity contribution in [1.82, 2.24) is 0 Å². The van der Waals surface area contributed by atoms with E-state index in [-0.39, 0.29) is 4.90 Å². The van der Waals surface area contributed by atoms with Crippen molar-refractivity contribution in [3.63, 3.8) is 0 Å². The Balaban J connectivity index is 1.76. The van der Waals surface area contributed by atoms with Gasteiger partial charge in [0.15, 0.2) is 0 Å². The highest BCUT2D eigenvalue weighted by Gasteiger charge is 2.16. The predicted molar refractivity (Wildman–Crippen MR) is 94.5 cm³/mol. The fraction of sp³-hybridized carbons (Fsp3) is 0.333. The molecule has 24 heavy (non-hydrogen) atoms. The summed E-state index contributed by atoms with van der Waals surface area (Å²) in [5.74, 6) is -0.417. The van der Waals surface area contributed by atoms with Gasteiger partial charge in [0, 0.05) is 24.5 Å². The number of halogens is 1. The summed E-state index contributed by atoms with van der Waals surface area (Å²) in [5.41, 5.74) is 1.91. The molecule has 4 nitrogen and oxygen atoms in total. The van der Waals surface area contributed by atoms with E-state index in [1.54, 1.807) is 19.1 Å². The Labute approximate surface area is 142 Å². The normalized spacial score (nSPS) is 15.3. The highest BCUT2D eigenvalue weighted by molar-refractivity contribution is 7.92. The molecule has 0 saturated carbocycles. The van der Waals surface area contributed by atoms with E-state index in [0.29, 0.717) is 11.3 Å². The third-order valence-electron chi connectivity index (χ3n) is 4.28. The Kier molecular flexibility index (Phi) is 4.76. The van der Waals surface area contributed by atoms with Gasteiger partial charge < -0.3 is 4.90 Å². The third kappa shape index (κ3) is 3.70. The molecule has 2 aromatic carbocycles. The van der Waals surface area contributed by atoms with Gasteiger partial charge in [-0.25, -0.2) is 12.8 Å². The van der Waals surface area contributed by atoms with Crippen molar-refractivity contribution in [3.05, 3.63) is 53.8 Å². The van der Waals surface area contributed by atoms with E-state index in [9.17, 15) is 12.8 Å². The first-order chi connectivity index (χ1) is 11.5. The molecule has 1 N–H and O–H groups in total. The minimum absolute atomic E-state index is 0.0570. The summed E-state index contributed by atoms with van der Waals surface area (Å²) in [7, 11) is -3.72.